The second-order valence-electron chi connectivity index (χ2n) is 6.23. The Morgan fingerprint density at radius 3 is 2.79 bits per heavy atom. The first kappa shape index (κ1) is 19.2. The van der Waals surface area contributed by atoms with Gasteiger partial charge < -0.3 is 10.1 Å². The highest BCUT2D eigenvalue weighted by molar-refractivity contribution is 7.89. The van der Waals surface area contributed by atoms with Crippen LogP contribution in [0.15, 0.2) is 23.1 Å². The van der Waals surface area contributed by atoms with Crippen LogP contribution in [0.4, 0.5) is 0 Å². The standard InChI is InChI=1S/C16H22N2O4S.ClH/c1-11-3-4-12(16(19)22-2)9-15(11)23(20,21)18-8-6-14-13(10-18)5-7-17-14;/h3-4,9,13-14,17H,5-8,10H2,1-2H3;1H. The third-order valence-corrected chi connectivity index (χ3v) is 6.85. The number of halogens is 1. The van der Waals surface area contributed by atoms with Crippen molar-refractivity contribution < 1.29 is 17.9 Å². The zero-order valence-electron chi connectivity index (χ0n) is 13.8. The van der Waals surface area contributed by atoms with Gasteiger partial charge in [0.25, 0.3) is 0 Å². The van der Waals surface area contributed by atoms with Gasteiger partial charge in [-0.15, -0.1) is 12.4 Å². The molecular weight excluding hydrogens is 352 g/mol. The van der Waals surface area contributed by atoms with Crippen molar-refractivity contribution in [3.05, 3.63) is 29.3 Å². The fourth-order valence-electron chi connectivity index (χ4n) is 3.49. The first-order valence-electron chi connectivity index (χ1n) is 7.86. The molecular formula is C16H23ClN2O4S. The van der Waals surface area contributed by atoms with Gasteiger partial charge >= 0.3 is 5.97 Å². The zero-order valence-corrected chi connectivity index (χ0v) is 15.5. The molecule has 134 valence electrons. The minimum absolute atomic E-state index is 0. The number of nitrogens with zero attached hydrogens (tertiary/aromatic N) is 1. The van der Waals surface area contributed by atoms with Crippen molar-refractivity contribution in [2.45, 2.75) is 30.7 Å². The number of carbonyl (C=O) groups is 1. The number of rotatable bonds is 3. The quantitative estimate of drug-likeness (QED) is 0.813. The van der Waals surface area contributed by atoms with Crippen LogP contribution in [0.3, 0.4) is 0 Å². The zero-order chi connectivity index (χ0) is 16.6. The van der Waals surface area contributed by atoms with Gasteiger partial charge in [-0.1, -0.05) is 6.07 Å². The van der Waals surface area contributed by atoms with Gasteiger partial charge in [0.15, 0.2) is 0 Å². The Labute approximate surface area is 149 Å². The summed E-state index contributed by atoms with van der Waals surface area (Å²) < 4.78 is 32.3. The number of ether oxygens (including phenoxy) is 1. The molecule has 1 aromatic carbocycles. The van der Waals surface area contributed by atoms with E-state index < -0.39 is 16.0 Å². The Morgan fingerprint density at radius 2 is 2.08 bits per heavy atom. The third kappa shape index (κ3) is 3.44. The summed E-state index contributed by atoms with van der Waals surface area (Å²) in [5.41, 5.74) is 0.901. The summed E-state index contributed by atoms with van der Waals surface area (Å²) in [7, 11) is -2.31. The molecule has 0 aromatic heterocycles. The number of sulfonamides is 1. The molecule has 6 nitrogen and oxygen atoms in total. The Bertz CT molecular complexity index is 723. The summed E-state index contributed by atoms with van der Waals surface area (Å²) in [6, 6.07) is 5.11. The highest BCUT2D eigenvalue weighted by atomic mass is 35.5. The number of nitrogens with one attached hydrogen (secondary N) is 1. The van der Waals surface area contributed by atoms with Crippen LogP contribution < -0.4 is 5.32 Å². The second kappa shape index (κ2) is 7.39. The molecule has 8 heteroatoms. The van der Waals surface area contributed by atoms with Crippen molar-refractivity contribution in [3.8, 4) is 0 Å². The highest BCUT2D eigenvalue weighted by Crippen LogP contribution is 2.30. The van der Waals surface area contributed by atoms with E-state index in [4.69, 9.17) is 4.74 Å². The number of piperidine rings is 1. The average molecular weight is 375 g/mol. The molecule has 1 aromatic rings. The molecule has 0 saturated carbocycles. The largest absolute Gasteiger partial charge is 0.465 e. The topological polar surface area (TPSA) is 75.7 Å². The molecule has 0 spiro atoms. The average Bonchev–Trinajstić information content (AvgIpc) is 3.02. The fraction of sp³-hybridized carbons (Fsp3) is 0.562. The van der Waals surface area contributed by atoms with Gasteiger partial charge in [0, 0.05) is 19.1 Å². The minimum Gasteiger partial charge on any atom is -0.465 e. The van der Waals surface area contributed by atoms with Gasteiger partial charge in [0.05, 0.1) is 17.6 Å². The minimum atomic E-state index is -3.60. The molecule has 2 aliphatic rings. The maximum atomic E-state index is 13.0. The molecule has 1 N–H and O–H groups in total. The molecule has 0 amide bonds. The molecule has 2 saturated heterocycles. The number of benzene rings is 1. The van der Waals surface area contributed by atoms with E-state index in [2.05, 4.69) is 5.32 Å². The predicted octanol–water partition coefficient (Wildman–Crippen LogP) is 1.58. The Hall–Kier alpha value is -1.15. The summed E-state index contributed by atoms with van der Waals surface area (Å²) in [5.74, 6) is -0.150. The van der Waals surface area contributed by atoms with Crippen molar-refractivity contribution in [1.82, 2.24) is 9.62 Å². The van der Waals surface area contributed by atoms with E-state index in [1.165, 1.54) is 13.2 Å². The van der Waals surface area contributed by atoms with Crippen LogP contribution >= 0.6 is 12.4 Å². The molecule has 2 atom stereocenters. The first-order chi connectivity index (χ1) is 10.9. The summed E-state index contributed by atoms with van der Waals surface area (Å²) in [5, 5.41) is 3.43. The van der Waals surface area contributed by atoms with E-state index in [1.54, 1.807) is 23.4 Å². The lowest BCUT2D eigenvalue weighted by molar-refractivity contribution is 0.0600. The molecule has 0 bridgehead atoms. The van der Waals surface area contributed by atoms with Crippen molar-refractivity contribution in [2.24, 2.45) is 5.92 Å². The maximum Gasteiger partial charge on any atom is 0.337 e. The van der Waals surface area contributed by atoms with E-state index >= 15 is 0 Å². The number of esters is 1. The molecule has 0 aliphatic carbocycles. The Balaban J connectivity index is 0.00000208. The maximum absolute atomic E-state index is 13.0. The monoisotopic (exact) mass is 374 g/mol. The normalized spacial score (nSPS) is 24.1. The lowest BCUT2D eigenvalue weighted by Gasteiger charge is -2.34. The fourth-order valence-corrected chi connectivity index (χ4v) is 5.26. The lowest BCUT2D eigenvalue weighted by atomic mass is 9.95. The number of carbonyl (C=O) groups excluding carboxylic acids is 1. The summed E-state index contributed by atoms with van der Waals surface area (Å²) in [6.07, 6.45) is 1.84. The molecule has 0 radical (unpaired) electrons. The van der Waals surface area contributed by atoms with Gasteiger partial charge in [-0.05, 0) is 49.9 Å². The van der Waals surface area contributed by atoms with Crippen LogP contribution in [0.1, 0.15) is 28.8 Å². The van der Waals surface area contributed by atoms with Gasteiger partial charge in [0.1, 0.15) is 0 Å². The molecule has 24 heavy (non-hydrogen) atoms. The van der Waals surface area contributed by atoms with E-state index in [-0.39, 0.29) is 22.9 Å². The summed E-state index contributed by atoms with van der Waals surface area (Å²) in [4.78, 5) is 11.9. The van der Waals surface area contributed by atoms with Crippen LogP contribution in [0.25, 0.3) is 0 Å². The number of methoxy groups -OCH3 is 1. The van der Waals surface area contributed by atoms with Crippen molar-refractivity contribution in [1.29, 1.82) is 0 Å². The highest BCUT2D eigenvalue weighted by Gasteiger charge is 2.38. The van der Waals surface area contributed by atoms with E-state index in [9.17, 15) is 13.2 Å². The Morgan fingerprint density at radius 1 is 1.33 bits per heavy atom. The molecule has 2 unspecified atom stereocenters. The predicted molar refractivity (Wildman–Crippen MR) is 93.0 cm³/mol. The van der Waals surface area contributed by atoms with Gasteiger partial charge in [-0.3, -0.25) is 0 Å². The number of aryl methyl sites for hydroxylation is 1. The first-order valence-corrected chi connectivity index (χ1v) is 9.30. The summed E-state index contributed by atoms with van der Waals surface area (Å²) >= 11 is 0. The van der Waals surface area contributed by atoms with Crippen molar-refractivity contribution in [2.75, 3.05) is 26.7 Å². The van der Waals surface area contributed by atoms with E-state index in [0.29, 0.717) is 30.6 Å². The lowest BCUT2D eigenvalue weighted by Crippen LogP contribution is -2.46. The summed E-state index contributed by atoms with van der Waals surface area (Å²) in [6.45, 7) is 3.76. The third-order valence-electron chi connectivity index (χ3n) is 4.85. The number of fused-ring (bicyclic) bond motifs is 1. The van der Waals surface area contributed by atoms with Crippen LogP contribution in [-0.4, -0.2) is 51.5 Å². The van der Waals surface area contributed by atoms with Gasteiger partial charge in [-0.2, -0.15) is 4.31 Å². The van der Waals surface area contributed by atoms with Crippen LogP contribution in [0, 0.1) is 12.8 Å². The number of hydrogen-bond acceptors (Lipinski definition) is 5. The van der Waals surface area contributed by atoms with Gasteiger partial charge in [0.2, 0.25) is 10.0 Å². The molecule has 3 rings (SSSR count). The second-order valence-corrected chi connectivity index (χ2v) is 8.14. The van der Waals surface area contributed by atoms with Crippen LogP contribution in [0.2, 0.25) is 0 Å². The Kier molecular flexibility index (Phi) is 5.91. The number of hydrogen-bond donors (Lipinski definition) is 1. The van der Waals surface area contributed by atoms with Crippen molar-refractivity contribution >= 4 is 28.4 Å². The SMILES string of the molecule is COC(=O)c1ccc(C)c(S(=O)(=O)N2CCC3NCCC3C2)c1.Cl. The van der Waals surface area contributed by atoms with E-state index in [0.717, 1.165) is 19.4 Å². The molecule has 2 fully saturated rings. The van der Waals surface area contributed by atoms with E-state index in [1.807, 2.05) is 0 Å². The molecule has 2 aliphatic heterocycles. The smallest absolute Gasteiger partial charge is 0.337 e. The van der Waals surface area contributed by atoms with Gasteiger partial charge in [-0.25, -0.2) is 13.2 Å². The van der Waals surface area contributed by atoms with Crippen LogP contribution in [-0.2, 0) is 14.8 Å². The van der Waals surface area contributed by atoms with Crippen molar-refractivity contribution in [3.63, 3.8) is 0 Å². The molecule has 2 heterocycles. The van der Waals surface area contributed by atoms with Crippen LogP contribution in [0.5, 0.6) is 0 Å².